The fraction of sp³-hybridized carbons (Fsp3) is 0.160. The van der Waals surface area contributed by atoms with Crippen molar-refractivity contribution in [3.63, 3.8) is 0 Å². The van der Waals surface area contributed by atoms with Crippen molar-refractivity contribution >= 4 is 18.0 Å². The van der Waals surface area contributed by atoms with Gasteiger partial charge in [-0.1, -0.05) is 72.3 Å². The van der Waals surface area contributed by atoms with Gasteiger partial charge in [0.25, 0.3) is 0 Å². The zero-order chi connectivity index (χ0) is 21.9. The van der Waals surface area contributed by atoms with Crippen LogP contribution >= 0.6 is 0 Å². The summed E-state index contributed by atoms with van der Waals surface area (Å²) in [5.41, 5.74) is 6.35. The summed E-state index contributed by atoms with van der Waals surface area (Å²) in [5.74, 6) is -0.839. The molecule has 3 aromatic rings. The Balaban J connectivity index is 1.43. The topological polar surface area (TPSA) is 79.8 Å². The van der Waals surface area contributed by atoms with E-state index >= 15 is 0 Å². The SMILES string of the molecule is Cc1ccc(COc2cccc(/C=N\NC(=O)C(=O)NCCc3ccccc3)c2)cc1. The molecular formula is C25H25N3O3. The Morgan fingerprint density at radius 2 is 1.68 bits per heavy atom. The molecule has 2 amide bonds. The first-order valence-corrected chi connectivity index (χ1v) is 10.0. The van der Waals surface area contributed by atoms with Gasteiger partial charge in [0.05, 0.1) is 6.21 Å². The second-order valence-corrected chi connectivity index (χ2v) is 7.04. The fourth-order valence-corrected chi connectivity index (χ4v) is 2.80. The number of carbonyl (C=O) groups excluding carboxylic acids is 2. The van der Waals surface area contributed by atoms with Crippen LogP contribution in [0, 0.1) is 6.92 Å². The molecule has 0 heterocycles. The first-order chi connectivity index (χ1) is 15.1. The molecule has 3 aromatic carbocycles. The molecule has 3 rings (SSSR count). The van der Waals surface area contributed by atoms with E-state index in [1.54, 1.807) is 0 Å². The molecule has 0 fully saturated rings. The lowest BCUT2D eigenvalue weighted by atomic mass is 10.1. The Morgan fingerprint density at radius 1 is 0.903 bits per heavy atom. The normalized spacial score (nSPS) is 10.6. The Hall–Kier alpha value is -3.93. The van der Waals surface area contributed by atoms with Crippen molar-refractivity contribution in [1.82, 2.24) is 10.7 Å². The van der Waals surface area contributed by atoms with E-state index in [1.165, 1.54) is 11.8 Å². The Morgan fingerprint density at radius 3 is 2.45 bits per heavy atom. The summed E-state index contributed by atoms with van der Waals surface area (Å²) in [6.07, 6.45) is 2.12. The molecule has 0 aromatic heterocycles. The third kappa shape index (κ3) is 7.44. The largest absolute Gasteiger partial charge is 0.489 e. The number of amides is 2. The maximum absolute atomic E-state index is 11.9. The summed E-state index contributed by atoms with van der Waals surface area (Å²) in [7, 11) is 0. The minimum atomic E-state index is -0.809. The van der Waals surface area contributed by atoms with Crippen LogP contribution in [-0.2, 0) is 22.6 Å². The van der Waals surface area contributed by atoms with Crippen LogP contribution < -0.4 is 15.5 Å². The highest BCUT2D eigenvalue weighted by atomic mass is 16.5. The van der Waals surface area contributed by atoms with Gasteiger partial charge < -0.3 is 10.1 Å². The van der Waals surface area contributed by atoms with E-state index in [0.29, 0.717) is 25.3 Å². The van der Waals surface area contributed by atoms with Crippen molar-refractivity contribution in [1.29, 1.82) is 0 Å². The van der Waals surface area contributed by atoms with Crippen molar-refractivity contribution in [2.45, 2.75) is 20.0 Å². The third-order valence-electron chi connectivity index (χ3n) is 4.51. The molecule has 2 N–H and O–H groups in total. The lowest BCUT2D eigenvalue weighted by molar-refractivity contribution is -0.139. The van der Waals surface area contributed by atoms with E-state index in [-0.39, 0.29) is 0 Å². The van der Waals surface area contributed by atoms with E-state index in [2.05, 4.69) is 15.8 Å². The molecule has 0 bridgehead atoms. The lowest BCUT2D eigenvalue weighted by Crippen LogP contribution is -2.38. The second kappa shape index (κ2) is 11.3. The van der Waals surface area contributed by atoms with E-state index in [9.17, 15) is 9.59 Å². The summed E-state index contributed by atoms with van der Waals surface area (Å²) >= 11 is 0. The monoisotopic (exact) mass is 415 g/mol. The van der Waals surface area contributed by atoms with Crippen LogP contribution in [-0.4, -0.2) is 24.6 Å². The van der Waals surface area contributed by atoms with Crippen LogP contribution in [0.1, 0.15) is 22.3 Å². The quantitative estimate of drug-likeness (QED) is 0.336. The number of carbonyl (C=O) groups is 2. The molecular weight excluding hydrogens is 390 g/mol. The molecule has 6 heteroatoms. The van der Waals surface area contributed by atoms with Gasteiger partial charge in [-0.15, -0.1) is 0 Å². The van der Waals surface area contributed by atoms with E-state index < -0.39 is 11.8 Å². The minimum absolute atomic E-state index is 0.375. The van der Waals surface area contributed by atoms with Gasteiger partial charge in [0.2, 0.25) is 0 Å². The van der Waals surface area contributed by atoms with Gasteiger partial charge in [-0.3, -0.25) is 9.59 Å². The van der Waals surface area contributed by atoms with Gasteiger partial charge in [-0.05, 0) is 42.2 Å². The number of aryl methyl sites for hydroxylation is 1. The third-order valence-corrected chi connectivity index (χ3v) is 4.51. The highest BCUT2D eigenvalue weighted by Gasteiger charge is 2.11. The number of rotatable bonds is 8. The second-order valence-electron chi connectivity index (χ2n) is 7.04. The minimum Gasteiger partial charge on any atom is -0.489 e. The summed E-state index contributed by atoms with van der Waals surface area (Å²) in [4.78, 5) is 23.7. The van der Waals surface area contributed by atoms with E-state index in [4.69, 9.17) is 4.74 Å². The van der Waals surface area contributed by atoms with Crippen molar-refractivity contribution < 1.29 is 14.3 Å². The average molecular weight is 415 g/mol. The van der Waals surface area contributed by atoms with Crippen LogP contribution in [0.15, 0.2) is 84.0 Å². The highest BCUT2D eigenvalue weighted by molar-refractivity contribution is 6.35. The molecule has 0 spiro atoms. The smallest absolute Gasteiger partial charge is 0.329 e. The van der Waals surface area contributed by atoms with Crippen LogP contribution in [0.2, 0.25) is 0 Å². The van der Waals surface area contributed by atoms with Gasteiger partial charge in [0.15, 0.2) is 0 Å². The predicted molar refractivity (Wildman–Crippen MR) is 121 cm³/mol. The number of benzene rings is 3. The molecule has 0 saturated carbocycles. The van der Waals surface area contributed by atoms with Crippen LogP contribution in [0.3, 0.4) is 0 Å². The highest BCUT2D eigenvalue weighted by Crippen LogP contribution is 2.14. The fourth-order valence-electron chi connectivity index (χ4n) is 2.80. The molecule has 0 atom stereocenters. The number of nitrogens with one attached hydrogen (secondary N) is 2. The van der Waals surface area contributed by atoms with Gasteiger partial charge >= 0.3 is 11.8 Å². The van der Waals surface area contributed by atoms with Crippen LogP contribution in [0.4, 0.5) is 0 Å². The summed E-state index contributed by atoms with van der Waals surface area (Å²) in [6.45, 7) is 2.88. The van der Waals surface area contributed by atoms with Crippen molar-refractivity contribution in [3.8, 4) is 5.75 Å². The zero-order valence-corrected chi connectivity index (χ0v) is 17.4. The Kier molecular flexibility index (Phi) is 7.94. The molecule has 158 valence electrons. The first kappa shape index (κ1) is 21.8. The first-order valence-electron chi connectivity index (χ1n) is 10.0. The Labute approximate surface area is 182 Å². The van der Waals surface area contributed by atoms with Gasteiger partial charge in [0, 0.05) is 6.54 Å². The zero-order valence-electron chi connectivity index (χ0n) is 17.4. The molecule has 0 aliphatic heterocycles. The summed E-state index contributed by atoms with van der Waals surface area (Å²) < 4.78 is 5.81. The molecule has 0 radical (unpaired) electrons. The maximum Gasteiger partial charge on any atom is 0.329 e. The standard InChI is InChI=1S/C25H25N3O3/c1-19-10-12-21(13-11-19)18-31-23-9-5-8-22(16-23)17-27-28-25(30)24(29)26-15-14-20-6-3-2-4-7-20/h2-13,16-17H,14-15,18H2,1H3,(H,26,29)(H,28,30)/b27-17-. The molecule has 6 nitrogen and oxygen atoms in total. The molecule has 31 heavy (non-hydrogen) atoms. The van der Waals surface area contributed by atoms with Crippen molar-refractivity contribution in [2.75, 3.05) is 6.54 Å². The molecule has 0 unspecified atom stereocenters. The summed E-state index contributed by atoms with van der Waals surface area (Å²) in [5, 5.41) is 6.44. The van der Waals surface area contributed by atoms with Crippen LogP contribution in [0.25, 0.3) is 0 Å². The Bertz CT molecular complexity index is 1030. The lowest BCUT2D eigenvalue weighted by Gasteiger charge is -2.07. The number of ether oxygens (including phenoxy) is 1. The molecule has 0 aliphatic rings. The number of hydrogen-bond acceptors (Lipinski definition) is 4. The van der Waals surface area contributed by atoms with Gasteiger partial charge in [-0.2, -0.15) is 5.10 Å². The van der Waals surface area contributed by atoms with E-state index in [1.807, 2.05) is 85.8 Å². The van der Waals surface area contributed by atoms with Crippen molar-refractivity contribution in [2.24, 2.45) is 5.10 Å². The molecule has 0 aliphatic carbocycles. The average Bonchev–Trinajstić information content (AvgIpc) is 2.79. The predicted octanol–water partition coefficient (Wildman–Crippen LogP) is 3.38. The number of nitrogens with zero attached hydrogens (tertiary/aromatic N) is 1. The van der Waals surface area contributed by atoms with E-state index in [0.717, 1.165) is 16.7 Å². The van der Waals surface area contributed by atoms with Gasteiger partial charge in [-0.25, -0.2) is 5.43 Å². The van der Waals surface area contributed by atoms with Crippen molar-refractivity contribution in [3.05, 3.63) is 101 Å². The van der Waals surface area contributed by atoms with Crippen LogP contribution in [0.5, 0.6) is 5.75 Å². The number of hydrazone groups is 1. The molecule has 0 saturated heterocycles. The summed E-state index contributed by atoms with van der Waals surface area (Å²) in [6, 6.07) is 25.2. The van der Waals surface area contributed by atoms with Gasteiger partial charge in [0.1, 0.15) is 12.4 Å². The number of hydrogen-bond donors (Lipinski definition) is 2. The maximum atomic E-state index is 11.9.